The van der Waals surface area contributed by atoms with Crippen LogP contribution in [-0.2, 0) is 6.42 Å². The third kappa shape index (κ3) is 2.72. The fraction of sp³-hybridized carbons (Fsp3) is 0.188. The van der Waals surface area contributed by atoms with Gasteiger partial charge in [0.25, 0.3) is 0 Å². The maximum absolute atomic E-state index is 5.42. The summed E-state index contributed by atoms with van der Waals surface area (Å²) in [5.74, 6) is 0.912. The zero-order valence-corrected chi connectivity index (χ0v) is 13.4. The first kappa shape index (κ1) is 13.6. The largest absolute Gasteiger partial charge is 0.496 e. The lowest BCUT2D eigenvalue weighted by atomic mass is 10.1. The number of nitrogens with zero attached hydrogens (tertiary/aromatic N) is 1. The van der Waals surface area contributed by atoms with E-state index in [4.69, 9.17) is 4.74 Å². The molecule has 102 valence electrons. The lowest BCUT2D eigenvalue weighted by Crippen LogP contribution is -1.98. The van der Waals surface area contributed by atoms with Gasteiger partial charge in [0.05, 0.1) is 22.3 Å². The number of para-hydroxylation sites is 2. The Morgan fingerprint density at radius 1 is 1.15 bits per heavy atom. The molecule has 2 nitrogen and oxygen atoms in total. The zero-order chi connectivity index (χ0) is 13.9. The molecule has 0 aliphatic rings. The summed E-state index contributed by atoms with van der Waals surface area (Å²) in [4.78, 5) is 4.89. The van der Waals surface area contributed by atoms with Crippen molar-refractivity contribution >= 4 is 37.5 Å². The molecule has 1 atom stereocenters. The summed E-state index contributed by atoms with van der Waals surface area (Å²) < 4.78 is 6.65. The van der Waals surface area contributed by atoms with Crippen LogP contribution in [0.3, 0.4) is 0 Å². The summed E-state index contributed by atoms with van der Waals surface area (Å²) in [6, 6.07) is 16.3. The topological polar surface area (TPSA) is 22.1 Å². The van der Waals surface area contributed by atoms with Crippen molar-refractivity contribution in [3.63, 3.8) is 0 Å². The zero-order valence-electron chi connectivity index (χ0n) is 11.0. The highest BCUT2D eigenvalue weighted by molar-refractivity contribution is 9.09. The number of methoxy groups -OCH3 is 1. The molecule has 0 spiro atoms. The maximum atomic E-state index is 5.42. The van der Waals surface area contributed by atoms with Crippen LogP contribution in [0.2, 0.25) is 0 Å². The predicted octanol–water partition coefficient (Wildman–Crippen LogP) is 4.98. The van der Waals surface area contributed by atoms with E-state index in [0.717, 1.165) is 28.3 Å². The molecule has 4 heteroatoms. The lowest BCUT2D eigenvalue weighted by Gasteiger charge is -2.12. The molecule has 0 radical (unpaired) electrons. The van der Waals surface area contributed by atoms with Gasteiger partial charge in [-0.15, -0.1) is 11.3 Å². The van der Waals surface area contributed by atoms with Crippen LogP contribution in [0.5, 0.6) is 5.75 Å². The van der Waals surface area contributed by atoms with Crippen molar-refractivity contribution in [2.75, 3.05) is 7.11 Å². The van der Waals surface area contributed by atoms with Crippen LogP contribution in [0, 0.1) is 0 Å². The van der Waals surface area contributed by atoms with E-state index in [0.29, 0.717) is 0 Å². The molecule has 1 heterocycles. The quantitative estimate of drug-likeness (QED) is 0.620. The fourth-order valence-corrected chi connectivity index (χ4v) is 4.11. The molecule has 0 saturated heterocycles. The van der Waals surface area contributed by atoms with Gasteiger partial charge in [0.1, 0.15) is 5.75 Å². The minimum atomic E-state index is 0.208. The Bertz CT molecular complexity index is 692. The second kappa shape index (κ2) is 5.94. The molecule has 0 aliphatic carbocycles. The SMILES string of the molecule is COc1ccccc1C(Br)Cc1nc2ccccc2s1. The number of ether oxygens (including phenoxy) is 1. The number of benzene rings is 2. The van der Waals surface area contributed by atoms with E-state index in [1.54, 1.807) is 18.4 Å². The van der Waals surface area contributed by atoms with E-state index in [1.165, 1.54) is 4.70 Å². The first-order chi connectivity index (χ1) is 9.78. The number of alkyl halides is 1. The molecular formula is C16H14BrNOS. The van der Waals surface area contributed by atoms with E-state index in [2.05, 4.69) is 45.2 Å². The molecule has 0 aliphatic heterocycles. The number of thiazole rings is 1. The number of hydrogen-bond donors (Lipinski definition) is 0. The Labute approximate surface area is 130 Å². The average molecular weight is 348 g/mol. The molecule has 0 bridgehead atoms. The highest BCUT2D eigenvalue weighted by atomic mass is 79.9. The van der Waals surface area contributed by atoms with Crippen molar-refractivity contribution < 1.29 is 4.74 Å². The molecule has 20 heavy (non-hydrogen) atoms. The van der Waals surface area contributed by atoms with Gasteiger partial charge in [-0.05, 0) is 18.2 Å². The van der Waals surface area contributed by atoms with Crippen LogP contribution in [0.15, 0.2) is 48.5 Å². The van der Waals surface area contributed by atoms with E-state index < -0.39 is 0 Å². The molecular weight excluding hydrogens is 334 g/mol. The molecule has 2 aromatic carbocycles. The van der Waals surface area contributed by atoms with Gasteiger partial charge in [0.15, 0.2) is 0 Å². The summed E-state index contributed by atoms with van der Waals surface area (Å²) in [5.41, 5.74) is 2.24. The minimum absolute atomic E-state index is 0.208. The van der Waals surface area contributed by atoms with Gasteiger partial charge in [0, 0.05) is 16.8 Å². The third-order valence-corrected chi connectivity index (χ3v) is 5.04. The first-order valence-electron chi connectivity index (χ1n) is 6.39. The Morgan fingerprint density at radius 2 is 1.90 bits per heavy atom. The Hall–Kier alpha value is -1.39. The second-order valence-corrected chi connectivity index (χ2v) is 6.71. The summed E-state index contributed by atoms with van der Waals surface area (Å²) >= 11 is 5.51. The molecule has 0 fully saturated rings. The summed E-state index contributed by atoms with van der Waals surface area (Å²) in [6.07, 6.45) is 0.861. The predicted molar refractivity (Wildman–Crippen MR) is 88.0 cm³/mol. The van der Waals surface area contributed by atoms with Gasteiger partial charge in [0.2, 0.25) is 0 Å². The number of aromatic nitrogens is 1. The van der Waals surface area contributed by atoms with Crippen LogP contribution in [0.1, 0.15) is 15.4 Å². The van der Waals surface area contributed by atoms with Gasteiger partial charge in [-0.2, -0.15) is 0 Å². The molecule has 3 rings (SSSR count). The standard InChI is InChI=1S/C16H14BrNOS/c1-19-14-8-4-2-6-11(14)12(17)10-16-18-13-7-3-5-9-15(13)20-16/h2-9,12H,10H2,1H3. The van der Waals surface area contributed by atoms with Crippen molar-refractivity contribution in [3.05, 3.63) is 59.1 Å². The van der Waals surface area contributed by atoms with Crippen molar-refractivity contribution in [2.24, 2.45) is 0 Å². The van der Waals surface area contributed by atoms with Gasteiger partial charge in [-0.3, -0.25) is 0 Å². The monoisotopic (exact) mass is 347 g/mol. The normalized spacial score (nSPS) is 12.5. The summed E-state index contributed by atoms with van der Waals surface area (Å²) in [6.45, 7) is 0. The highest BCUT2D eigenvalue weighted by Gasteiger charge is 2.15. The van der Waals surface area contributed by atoms with Crippen LogP contribution in [0.4, 0.5) is 0 Å². The van der Waals surface area contributed by atoms with Crippen LogP contribution in [-0.4, -0.2) is 12.1 Å². The van der Waals surface area contributed by atoms with Gasteiger partial charge < -0.3 is 4.74 Å². The highest BCUT2D eigenvalue weighted by Crippen LogP contribution is 2.35. The van der Waals surface area contributed by atoms with Gasteiger partial charge in [-0.25, -0.2) is 4.98 Å². The minimum Gasteiger partial charge on any atom is -0.496 e. The maximum Gasteiger partial charge on any atom is 0.123 e. The van der Waals surface area contributed by atoms with Gasteiger partial charge >= 0.3 is 0 Å². The number of rotatable bonds is 4. The van der Waals surface area contributed by atoms with Crippen LogP contribution >= 0.6 is 27.3 Å². The number of halogens is 1. The van der Waals surface area contributed by atoms with E-state index in [9.17, 15) is 0 Å². The molecule has 0 saturated carbocycles. The molecule has 0 N–H and O–H groups in total. The van der Waals surface area contributed by atoms with Crippen LogP contribution in [0.25, 0.3) is 10.2 Å². The number of hydrogen-bond acceptors (Lipinski definition) is 3. The molecule has 0 amide bonds. The third-order valence-electron chi connectivity index (χ3n) is 3.17. The van der Waals surface area contributed by atoms with Crippen molar-refractivity contribution in [3.8, 4) is 5.75 Å². The number of fused-ring (bicyclic) bond motifs is 1. The second-order valence-electron chi connectivity index (χ2n) is 4.49. The first-order valence-corrected chi connectivity index (χ1v) is 8.12. The Kier molecular flexibility index (Phi) is 4.03. The van der Waals surface area contributed by atoms with Crippen molar-refractivity contribution in [1.82, 2.24) is 4.98 Å². The van der Waals surface area contributed by atoms with Crippen molar-refractivity contribution in [1.29, 1.82) is 0 Å². The van der Waals surface area contributed by atoms with Crippen molar-refractivity contribution in [2.45, 2.75) is 11.2 Å². The van der Waals surface area contributed by atoms with Crippen LogP contribution < -0.4 is 4.74 Å². The fourth-order valence-electron chi connectivity index (χ4n) is 2.20. The van der Waals surface area contributed by atoms with E-state index >= 15 is 0 Å². The lowest BCUT2D eigenvalue weighted by molar-refractivity contribution is 0.409. The molecule has 1 unspecified atom stereocenters. The summed E-state index contributed by atoms with van der Waals surface area (Å²) in [5, 5.41) is 1.14. The Morgan fingerprint density at radius 3 is 2.70 bits per heavy atom. The summed E-state index contributed by atoms with van der Waals surface area (Å²) in [7, 11) is 1.70. The molecule has 3 aromatic rings. The van der Waals surface area contributed by atoms with E-state index in [1.807, 2.05) is 24.3 Å². The molecule has 1 aromatic heterocycles. The van der Waals surface area contributed by atoms with E-state index in [-0.39, 0.29) is 4.83 Å². The average Bonchev–Trinajstić information content (AvgIpc) is 2.89. The Balaban J connectivity index is 1.86. The van der Waals surface area contributed by atoms with Gasteiger partial charge in [-0.1, -0.05) is 46.3 Å². The smallest absolute Gasteiger partial charge is 0.123 e.